The van der Waals surface area contributed by atoms with Crippen molar-refractivity contribution in [2.24, 2.45) is 0 Å². The SMILES string of the molecule is CCC1c2ccccc2-c2c(C)ccc[n+]2C1(CC)CC. The van der Waals surface area contributed by atoms with Crippen molar-refractivity contribution in [3.8, 4) is 11.3 Å². The zero-order chi connectivity index (χ0) is 15.0. The molecule has 0 radical (unpaired) electrons. The molecule has 0 amide bonds. The minimum Gasteiger partial charge on any atom is -0.192 e. The van der Waals surface area contributed by atoms with Gasteiger partial charge in [-0.15, -0.1) is 0 Å². The fraction of sp³-hybridized carbons (Fsp3) is 0.450. The van der Waals surface area contributed by atoms with Gasteiger partial charge in [-0.25, -0.2) is 0 Å². The topological polar surface area (TPSA) is 3.88 Å². The van der Waals surface area contributed by atoms with Gasteiger partial charge in [-0.1, -0.05) is 39.0 Å². The Labute approximate surface area is 128 Å². The molecule has 1 aromatic heterocycles. The normalized spacial score (nSPS) is 19.0. The molecule has 1 unspecified atom stereocenters. The van der Waals surface area contributed by atoms with Crippen LogP contribution in [0, 0.1) is 6.92 Å². The van der Waals surface area contributed by atoms with Crippen LogP contribution in [0.5, 0.6) is 0 Å². The van der Waals surface area contributed by atoms with E-state index in [1.54, 1.807) is 0 Å². The lowest BCUT2D eigenvalue weighted by Gasteiger charge is -2.40. The molecule has 3 rings (SSSR count). The summed E-state index contributed by atoms with van der Waals surface area (Å²) in [4.78, 5) is 0. The summed E-state index contributed by atoms with van der Waals surface area (Å²) in [6.45, 7) is 9.27. The molecular formula is C20H26N+. The number of pyridine rings is 1. The monoisotopic (exact) mass is 280 g/mol. The van der Waals surface area contributed by atoms with E-state index >= 15 is 0 Å². The predicted molar refractivity (Wildman–Crippen MR) is 88.4 cm³/mol. The maximum atomic E-state index is 2.58. The fourth-order valence-corrected chi connectivity index (χ4v) is 4.49. The van der Waals surface area contributed by atoms with Gasteiger partial charge in [0.1, 0.15) is 0 Å². The highest BCUT2D eigenvalue weighted by Gasteiger charge is 2.50. The number of aromatic nitrogens is 1. The first-order valence-corrected chi connectivity index (χ1v) is 8.30. The highest BCUT2D eigenvalue weighted by molar-refractivity contribution is 5.66. The lowest BCUT2D eigenvalue weighted by molar-refractivity contribution is -0.763. The zero-order valence-corrected chi connectivity index (χ0v) is 13.7. The Morgan fingerprint density at radius 3 is 2.38 bits per heavy atom. The van der Waals surface area contributed by atoms with E-state index in [1.807, 2.05) is 0 Å². The number of rotatable bonds is 3. The maximum Gasteiger partial charge on any atom is 0.216 e. The minimum absolute atomic E-state index is 0.213. The summed E-state index contributed by atoms with van der Waals surface area (Å²) in [5.74, 6) is 0.600. The van der Waals surface area contributed by atoms with Gasteiger partial charge in [0, 0.05) is 30.4 Å². The molecule has 21 heavy (non-hydrogen) atoms. The van der Waals surface area contributed by atoms with E-state index in [1.165, 1.54) is 41.6 Å². The largest absolute Gasteiger partial charge is 0.216 e. The molecular weight excluding hydrogens is 254 g/mol. The molecule has 0 N–H and O–H groups in total. The van der Waals surface area contributed by atoms with Crippen LogP contribution in [0.3, 0.4) is 0 Å². The Kier molecular flexibility index (Phi) is 3.61. The molecule has 0 aliphatic carbocycles. The summed E-state index contributed by atoms with van der Waals surface area (Å²) in [6, 6.07) is 13.5. The van der Waals surface area contributed by atoms with E-state index in [9.17, 15) is 0 Å². The Balaban J connectivity index is 2.40. The van der Waals surface area contributed by atoms with Gasteiger partial charge in [-0.05, 0) is 31.0 Å². The molecule has 2 heterocycles. The molecule has 2 aromatic rings. The fourth-order valence-electron chi connectivity index (χ4n) is 4.49. The number of fused-ring (bicyclic) bond motifs is 3. The molecule has 1 atom stereocenters. The third kappa shape index (κ3) is 1.87. The van der Waals surface area contributed by atoms with Crippen LogP contribution < -0.4 is 4.57 Å². The van der Waals surface area contributed by atoms with Gasteiger partial charge < -0.3 is 0 Å². The van der Waals surface area contributed by atoms with Crippen LogP contribution in [-0.2, 0) is 5.54 Å². The van der Waals surface area contributed by atoms with Crippen molar-refractivity contribution in [3.63, 3.8) is 0 Å². The van der Waals surface area contributed by atoms with Gasteiger partial charge in [-0.3, -0.25) is 0 Å². The van der Waals surface area contributed by atoms with Crippen molar-refractivity contribution in [1.82, 2.24) is 0 Å². The second kappa shape index (κ2) is 5.29. The zero-order valence-electron chi connectivity index (χ0n) is 13.7. The average Bonchev–Trinajstić information content (AvgIpc) is 2.53. The number of aryl methyl sites for hydroxylation is 1. The van der Waals surface area contributed by atoms with Crippen LogP contribution in [0.2, 0.25) is 0 Å². The molecule has 0 saturated heterocycles. The molecule has 0 fully saturated rings. The van der Waals surface area contributed by atoms with Gasteiger partial charge in [0.15, 0.2) is 11.7 Å². The number of nitrogens with zero attached hydrogens (tertiary/aromatic N) is 1. The molecule has 0 saturated carbocycles. The predicted octanol–water partition coefficient (Wildman–Crippen LogP) is 4.97. The summed E-state index contributed by atoms with van der Waals surface area (Å²) >= 11 is 0. The van der Waals surface area contributed by atoms with Crippen LogP contribution in [0.4, 0.5) is 0 Å². The van der Waals surface area contributed by atoms with Crippen molar-refractivity contribution in [3.05, 3.63) is 53.7 Å². The van der Waals surface area contributed by atoms with Gasteiger partial charge in [0.05, 0.1) is 5.56 Å². The Morgan fingerprint density at radius 2 is 1.71 bits per heavy atom. The highest BCUT2D eigenvalue weighted by Crippen LogP contribution is 2.46. The highest BCUT2D eigenvalue weighted by atomic mass is 15.1. The lowest BCUT2D eigenvalue weighted by atomic mass is 9.69. The number of benzene rings is 1. The van der Waals surface area contributed by atoms with Crippen molar-refractivity contribution in [2.75, 3.05) is 0 Å². The summed E-state index contributed by atoms with van der Waals surface area (Å²) in [5.41, 5.74) is 5.98. The maximum absolute atomic E-state index is 2.58. The van der Waals surface area contributed by atoms with E-state index in [0.717, 1.165) is 0 Å². The third-order valence-corrected chi connectivity index (χ3v) is 5.55. The standard InChI is InChI=1S/C20H26N/c1-5-18-16-12-8-9-13-17(16)19-15(4)11-10-14-21(19)20(18,6-2)7-3/h8-14,18H,5-7H2,1-4H3/q+1. The van der Waals surface area contributed by atoms with E-state index < -0.39 is 0 Å². The first-order chi connectivity index (χ1) is 10.2. The van der Waals surface area contributed by atoms with E-state index in [-0.39, 0.29) is 5.54 Å². The Morgan fingerprint density at radius 1 is 1.00 bits per heavy atom. The average molecular weight is 280 g/mol. The summed E-state index contributed by atoms with van der Waals surface area (Å²) in [7, 11) is 0. The molecule has 1 aromatic carbocycles. The molecule has 0 bridgehead atoms. The quantitative estimate of drug-likeness (QED) is 0.699. The Bertz CT molecular complexity index is 653. The smallest absolute Gasteiger partial charge is 0.192 e. The molecule has 1 aliphatic heterocycles. The van der Waals surface area contributed by atoms with Crippen molar-refractivity contribution in [1.29, 1.82) is 0 Å². The van der Waals surface area contributed by atoms with E-state index in [4.69, 9.17) is 0 Å². The summed E-state index contributed by atoms with van der Waals surface area (Å²) < 4.78 is 2.58. The number of hydrogen-bond donors (Lipinski definition) is 0. The minimum atomic E-state index is 0.213. The summed E-state index contributed by atoms with van der Waals surface area (Å²) in [5, 5.41) is 0. The van der Waals surface area contributed by atoms with Gasteiger partial charge >= 0.3 is 0 Å². The number of hydrogen-bond acceptors (Lipinski definition) is 0. The van der Waals surface area contributed by atoms with Crippen molar-refractivity contribution < 1.29 is 4.57 Å². The second-order valence-corrected chi connectivity index (χ2v) is 6.27. The summed E-state index contributed by atoms with van der Waals surface area (Å²) in [6.07, 6.45) is 5.85. The van der Waals surface area contributed by atoms with Crippen LogP contribution in [0.25, 0.3) is 11.3 Å². The van der Waals surface area contributed by atoms with Crippen LogP contribution >= 0.6 is 0 Å². The third-order valence-electron chi connectivity index (χ3n) is 5.55. The van der Waals surface area contributed by atoms with Crippen LogP contribution in [0.1, 0.15) is 57.1 Å². The lowest BCUT2D eigenvalue weighted by Crippen LogP contribution is -2.62. The van der Waals surface area contributed by atoms with E-state index in [0.29, 0.717) is 5.92 Å². The molecule has 1 aliphatic rings. The van der Waals surface area contributed by atoms with Crippen LogP contribution in [-0.4, -0.2) is 0 Å². The van der Waals surface area contributed by atoms with Crippen molar-refractivity contribution in [2.45, 2.75) is 58.4 Å². The van der Waals surface area contributed by atoms with E-state index in [2.05, 4.69) is 74.9 Å². The molecule has 0 spiro atoms. The first kappa shape index (κ1) is 14.3. The van der Waals surface area contributed by atoms with Crippen LogP contribution in [0.15, 0.2) is 42.6 Å². The first-order valence-electron chi connectivity index (χ1n) is 8.30. The van der Waals surface area contributed by atoms with Crippen molar-refractivity contribution >= 4 is 0 Å². The molecule has 110 valence electrons. The van der Waals surface area contributed by atoms with Gasteiger partial charge in [0.25, 0.3) is 0 Å². The molecule has 1 nitrogen and oxygen atoms in total. The second-order valence-electron chi connectivity index (χ2n) is 6.27. The Hall–Kier alpha value is -1.63. The van der Waals surface area contributed by atoms with Gasteiger partial charge in [-0.2, -0.15) is 4.57 Å². The van der Waals surface area contributed by atoms with Gasteiger partial charge in [0.2, 0.25) is 5.69 Å². The molecule has 1 heteroatoms.